The molecule has 0 aliphatic carbocycles. The third-order valence-corrected chi connectivity index (χ3v) is 6.05. The number of para-hydroxylation sites is 2. The van der Waals surface area contributed by atoms with Gasteiger partial charge in [-0.15, -0.1) is 0 Å². The van der Waals surface area contributed by atoms with Crippen LogP contribution in [0.1, 0.15) is 22.5 Å². The highest BCUT2D eigenvalue weighted by molar-refractivity contribution is 6.31. The first kappa shape index (κ1) is 21.8. The number of fused-ring (bicyclic) bond motifs is 1. The quantitative estimate of drug-likeness (QED) is 0.451. The van der Waals surface area contributed by atoms with Crippen LogP contribution in [0.25, 0.3) is 11.0 Å². The van der Waals surface area contributed by atoms with E-state index in [-0.39, 0.29) is 18.0 Å². The molecular weight excluding hydrogens is 426 g/mol. The standard InChI is InChI=1S/C24H24ClN5O2/c1-16-19(17(2)30(27-16)13-18-8-4-5-9-20(18)25)14-28(3)24(32)15-29-22-11-7-6-10-21(22)26-12-23(29)31/h4-12H,13-15H2,1-3H3. The SMILES string of the molecule is Cc1nn(Cc2ccccc2Cl)c(C)c1CN(C)C(=O)Cn1c(=O)cnc2ccccc21. The summed E-state index contributed by atoms with van der Waals surface area (Å²) in [5.41, 5.74) is 4.83. The average molecular weight is 450 g/mol. The van der Waals surface area contributed by atoms with Crippen LogP contribution in [-0.2, 0) is 24.4 Å². The van der Waals surface area contributed by atoms with Gasteiger partial charge in [0.25, 0.3) is 5.56 Å². The first-order chi connectivity index (χ1) is 15.3. The van der Waals surface area contributed by atoms with E-state index in [0.717, 1.165) is 22.5 Å². The Morgan fingerprint density at radius 1 is 1.09 bits per heavy atom. The lowest BCUT2D eigenvalue weighted by atomic mass is 10.1. The Balaban J connectivity index is 1.53. The number of hydrogen-bond acceptors (Lipinski definition) is 4. The Bertz CT molecular complexity index is 1360. The molecule has 7 nitrogen and oxygen atoms in total. The van der Waals surface area contributed by atoms with Gasteiger partial charge in [0.05, 0.1) is 29.5 Å². The number of rotatable bonds is 6. The summed E-state index contributed by atoms with van der Waals surface area (Å²) in [5.74, 6) is -0.166. The van der Waals surface area contributed by atoms with Crippen molar-refractivity contribution in [1.82, 2.24) is 24.2 Å². The van der Waals surface area contributed by atoms with Gasteiger partial charge in [0, 0.05) is 29.9 Å². The van der Waals surface area contributed by atoms with Gasteiger partial charge in [-0.3, -0.25) is 18.8 Å². The maximum atomic E-state index is 13.0. The average Bonchev–Trinajstić information content (AvgIpc) is 3.04. The fourth-order valence-electron chi connectivity index (χ4n) is 3.76. The third kappa shape index (κ3) is 4.29. The molecule has 0 N–H and O–H groups in total. The van der Waals surface area contributed by atoms with Crippen LogP contribution >= 0.6 is 11.6 Å². The maximum Gasteiger partial charge on any atom is 0.269 e. The molecule has 4 aromatic rings. The number of amides is 1. The van der Waals surface area contributed by atoms with Gasteiger partial charge in [-0.1, -0.05) is 41.9 Å². The fraction of sp³-hybridized carbons (Fsp3) is 0.250. The van der Waals surface area contributed by atoms with Crippen LogP contribution in [0.15, 0.2) is 59.5 Å². The van der Waals surface area contributed by atoms with Gasteiger partial charge in [-0.05, 0) is 37.6 Å². The summed E-state index contributed by atoms with van der Waals surface area (Å²) in [6.07, 6.45) is 1.25. The van der Waals surface area contributed by atoms with Crippen molar-refractivity contribution in [3.8, 4) is 0 Å². The molecule has 0 bridgehead atoms. The maximum absolute atomic E-state index is 13.0. The van der Waals surface area contributed by atoms with Gasteiger partial charge in [0.15, 0.2) is 0 Å². The minimum Gasteiger partial charge on any atom is -0.340 e. The molecule has 2 aromatic carbocycles. The zero-order chi connectivity index (χ0) is 22.8. The molecule has 1 amide bonds. The minimum atomic E-state index is -0.301. The molecule has 0 fully saturated rings. The van der Waals surface area contributed by atoms with Crippen molar-refractivity contribution in [1.29, 1.82) is 0 Å². The van der Waals surface area contributed by atoms with Crippen molar-refractivity contribution in [3.63, 3.8) is 0 Å². The second kappa shape index (κ2) is 8.96. The monoisotopic (exact) mass is 449 g/mol. The summed E-state index contributed by atoms with van der Waals surface area (Å²) in [6, 6.07) is 15.0. The van der Waals surface area contributed by atoms with Crippen molar-refractivity contribution < 1.29 is 4.79 Å². The number of carbonyl (C=O) groups is 1. The first-order valence-electron chi connectivity index (χ1n) is 10.3. The van der Waals surface area contributed by atoms with E-state index in [9.17, 15) is 9.59 Å². The number of carbonyl (C=O) groups excluding carboxylic acids is 1. The molecule has 4 rings (SSSR count). The highest BCUT2D eigenvalue weighted by Gasteiger charge is 2.18. The lowest BCUT2D eigenvalue weighted by Crippen LogP contribution is -2.34. The van der Waals surface area contributed by atoms with E-state index in [2.05, 4.69) is 10.1 Å². The molecule has 8 heteroatoms. The largest absolute Gasteiger partial charge is 0.340 e. The number of benzene rings is 2. The van der Waals surface area contributed by atoms with Gasteiger partial charge in [0.1, 0.15) is 6.54 Å². The molecule has 0 radical (unpaired) electrons. The topological polar surface area (TPSA) is 73.0 Å². The number of halogens is 1. The number of aryl methyl sites for hydroxylation is 1. The second-order valence-corrected chi connectivity index (χ2v) is 8.23. The van der Waals surface area contributed by atoms with Crippen molar-refractivity contribution in [2.45, 2.75) is 33.5 Å². The Kier molecular flexibility index (Phi) is 6.10. The molecule has 2 aromatic heterocycles. The summed E-state index contributed by atoms with van der Waals surface area (Å²) in [7, 11) is 1.74. The van der Waals surface area contributed by atoms with E-state index in [4.69, 9.17) is 11.6 Å². The van der Waals surface area contributed by atoms with Crippen LogP contribution < -0.4 is 5.56 Å². The van der Waals surface area contributed by atoms with Crippen LogP contribution in [0.2, 0.25) is 5.02 Å². The van der Waals surface area contributed by atoms with Crippen LogP contribution in [0.4, 0.5) is 0 Å². The molecule has 164 valence electrons. The number of hydrogen-bond donors (Lipinski definition) is 0. The molecule has 0 aliphatic heterocycles. The van der Waals surface area contributed by atoms with Gasteiger partial charge in [-0.2, -0.15) is 5.10 Å². The molecule has 0 saturated heterocycles. The zero-order valence-corrected chi connectivity index (χ0v) is 19.0. The van der Waals surface area contributed by atoms with Crippen molar-refractivity contribution in [2.75, 3.05) is 7.05 Å². The summed E-state index contributed by atoms with van der Waals surface area (Å²) in [6.45, 7) is 4.83. The predicted molar refractivity (Wildman–Crippen MR) is 125 cm³/mol. The lowest BCUT2D eigenvalue weighted by Gasteiger charge is -2.19. The van der Waals surface area contributed by atoms with Crippen LogP contribution in [0.5, 0.6) is 0 Å². The molecule has 0 atom stereocenters. The molecule has 0 spiro atoms. The summed E-state index contributed by atoms with van der Waals surface area (Å²) in [4.78, 5) is 31.1. The second-order valence-electron chi connectivity index (χ2n) is 7.82. The van der Waals surface area contributed by atoms with Crippen LogP contribution in [-0.4, -0.2) is 37.2 Å². The molecule has 0 unspecified atom stereocenters. The zero-order valence-electron chi connectivity index (χ0n) is 18.2. The van der Waals surface area contributed by atoms with Crippen molar-refractivity contribution in [3.05, 3.63) is 92.6 Å². The van der Waals surface area contributed by atoms with E-state index in [1.165, 1.54) is 10.8 Å². The molecular formula is C24H24ClN5O2. The summed E-state index contributed by atoms with van der Waals surface area (Å²) >= 11 is 6.30. The van der Waals surface area contributed by atoms with E-state index in [1.807, 2.05) is 61.0 Å². The van der Waals surface area contributed by atoms with Crippen molar-refractivity contribution >= 4 is 28.5 Å². The lowest BCUT2D eigenvalue weighted by molar-refractivity contribution is -0.131. The van der Waals surface area contributed by atoms with E-state index in [0.29, 0.717) is 29.1 Å². The number of nitrogens with zero attached hydrogens (tertiary/aromatic N) is 5. The Morgan fingerprint density at radius 2 is 1.81 bits per heavy atom. The Morgan fingerprint density at radius 3 is 2.59 bits per heavy atom. The van der Waals surface area contributed by atoms with Crippen LogP contribution in [0.3, 0.4) is 0 Å². The summed E-state index contributed by atoms with van der Waals surface area (Å²) < 4.78 is 3.37. The normalized spacial score (nSPS) is 11.1. The van der Waals surface area contributed by atoms with Gasteiger partial charge in [0.2, 0.25) is 5.91 Å². The first-order valence-corrected chi connectivity index (χ1v) is 10.7. The smallest absolute Gasteiger partial charge is 0.269 e. The summed E-state index contributed by atoms with van der Waals surface area (Å²) in [5, 5.41) is 5.35. The van der Waals surface area contributed by atoms with E-state index in [1.54, 1.807) is 18.0 Å². The van der Waals surface area contributed by atoms with Gasteiger partial charge >= 0.3 is 0 Å². The van der Waals surface area contributed by atoms with E-state index < -0.39 is 0 Å². The number of aromatic nitrogens is 4. The Hall–Kier alpha value is -3.45. The minimum absolute atomic E-state index is 0.0514. The van der Waals surface area contributed by atoms with E-state index >= 15 is 0 Å². The Labute approximate surface area is 190 Å². The van der Waals surface area contributed by atoms with Gasteiger partial charge in [-0.25, -0.2) is 4.98 Å². The predicted octanol–water partition coefficient (Wildman–Crippen LogP) is 3.57. The highest BCUT2D eigenvalue weighted by atomic mass is 35.5. The molecule has 0 aliphatic rings. The number of likely N-dealkylation sites (N-methyl/N-ethyl adjacent to an activating group) is 1. The fourth-order valence-corrected chi connectivity index (χ4v) is 3.96. The molecule has 32 heavy (non-hydrogen) atoms. The highest BCUT2D eigenvalue weighted by Crippen LogP contribution is 2.20. The molecule has 0 saturated carbocycles. The molecule has 2 heterocycles. The van der Waals surface area contributed by atoms with Gasteiger partial charge < -0.3 is 4.90 Å². The van der Waals surface area contributed by atoms with Crippen molar-refractivity contribution in [2.24, 2.45) is 0 Å². The van der Waals surface area contributed by atoms with Crippen LogP contribution in [0, 0.1) is 13.8 Å². The third-order valence-electron chi connectivity index (χ3n) is 5.68.